The Labute approximate surface area is 136 Å². The molecule has 1 aliphatic rings. The standard InChI is InChI=1S/C16H23FN2O3S/c1-11(2)18-16(20)13-6-8-19(9-7-13)23(21,22)15-5-4-14(17)10-12(15)3/h4-5,10-11,13H,6-9H2,1-3H3,(H,18,20). The van der Waals surface area contributed by atoms with Gasteiger partial charge in [-0.3, -0.25) is 4.79 Å². The summed E-state index contributed by atoms with van der Waals surface area (Å²) in [6.45, 7) is 5.98. The van der Waals surface area contributed by atoms with Crippen molar-refractivity contribution in [3.8, 4) is 0 Å². The molecule has 1 aliphatic heterocycles. The highest BCUT2D eigenvalue weighted by Gasteiger charge is 2.32. The van der Waals surface area contributed by atoms with Crippen molar-refractivity contribution in [1.29, 1.82) is 0 Å². The number of benzene rings is 1. The normalized spacial score (nSPS) is 17.4. The molecule has 0 unspecified atom stereocenters. The van der Waals surface area contributed by atoms with E-state index in [1.807, 2.05) is 13.8 Å². The van der Waals surface area contributed by atoms with Crippen LogP contribution in [-0.4, -0.2) is 37.8 Å². The summed E-state index contributed by atoms with van der Waals surface area (Å²) in [4.78, 5) is 12.1. The number of hydrogen-bond donors (Lipinski definition) is 1. The number of sulfonamides is 1. The van der Waals surface area contributed by atoms with Gasteiger partial charge in [0.2, 0.25) is 15.9 Å². The van der Waals surface area contributed by atoms with Crippen LogP contribution in [0.2, 0.25) is 0 Å². The molecule has 1 N–H and O–H groups in total. The lowest BCUT2D eigenvalue weighted by atomic mass is 9.97. The summed E-state index contributed by atoms with van der Waals surface area (Å²) in [6.07, 6.45) is 0.996. The number of hydrogen-bond acceptors (Lipinski definition) is 3. The largest absolute Gasteiger partial charge is 0.354 e. The minimum atomic E-state index is -3.65. The Balaban J connectivity index is 2.08. The lowest BCUT2D eigenvalue weighted by molar-refractivity contribution is -0.126. The SMILES string of the molecule is Cc1cc(F)ccc1S(=O)(=O)N1CCC(C(=O)NC(C)C)CC1. The zero-order chi connectivity index (χ0) is 17.2. The fourth-order valence-electron chi connectivity index (χ4n) is 2.80. The molecule has 1 saturated heterocycles. The van der Waals surface area contributed by atoms with Gasteiger partial charge in [0, 0.05) is 25.0 Å². The number of nitrogens with zero attached hydrogens (tertiary/aromatic N) is 1. The quantitative estimate of drug-likeness (QED) is 0.911. The van der Waals surface area contributed by atoms with Gasteiger partial charge in [-0.15, -0.1) is 0 Å². The Bertz CT molecular complexity index is 681. The van der Waals surface area contributed by atoms with Gasteiger partial charge in [-0.05, 0) is 57.4 Å². The number of piperidine rings is 1. The molecule has 0 aliphatic carbocycles. The van der Waals surface area contributed by atoms with Gasteiger partial charge in [0.05, 0.1) is 4.90 Å². The zero-order valence-electron chi connectivity index (χ0n) is 13.7. The van der Waals surface area contributed by atoms with E-state index in [1.165, 1.54) is 16.4 Å². The molecule has 0 atom stereocenters. The van der Waals surface area contributed by atoms with Crippen LogP contribution in [0.3, 0.4) is 0 Å². The van der Waals surface area contributed by atoms with E-state index in [0.717, 1.165) is 6.07 Å². The lowest BCUT2D eigenvalue weighted by Gasteiger charge is -2.31. The molecule has 1 heterocycles. The zero-order valence-corrected chi connectivity index (χ0v) is 14.5. The maximum Gasteiger partial charge on any atom is 0.243 e. The third kappa shape index (κ3) is 4.09. The summed E-state index contributed by atoms with van der Waals surface area (Å²) in [7, 11) is -3.65. The molecule has 0 aromatic heterocycles. The first-order valence-corrected chi connectivity index (χ1v) is 9.22. The van der Waals surface area contributed by atoms with Crippen LogP contribution in [0.15, 0.2) is 23.1 Å². The van der Waals surface area contributed by atoms with Crippen molar-refractivity contribution in [3.05, 3.63) is 29.6 Å². The highest BCUT2D eigenvalue weighted by molar-refractivity contribution is 7.89. The Hall–Kier alpha value is -1.47. The van der Waals surface area contributed by atoms with E-state index in [2.05, 4.69) is 5.32 Å². The van der Waals surface area contributed by atoms with Crippen LogP contribution in [0.5, 0.6) is 0 Å². The van der Waals surface area contributed by atoms with Crippen molar-refractivity contribution in [2.45, 2.75) is 44.6 Å². The van der Waals surface area contributed by atoms with Crippen molar-refractivity contribution in [1.82, 2.24) is 9.62 Å². The van der Waals surface area contributed by atoms with E-state index in [9.17, 15) is 17.6 Å². The molecule has 0 radical (unpaired) electrons. The summed E-state index contributed by atoms with van der Waals surface area (Å²) < 4.78 is 39.9. The molecule has 5 nitrogen and oxygen atoms in total. The molecular weight excluding hydrogens is 319 g/mol. The maximum absolute atomic E-state index is 13.2. The van der Waals surface area contributed by atoms with Crippen LogP contribution in [0.1, 0.15) is 32.3 Å². The summed E-state index contributed by atoms with van der Waals surface area (Å²) >= 11 is 0. The van der Waals surface area contributed by atoms with Gasteiger partial charge in [-0.2, -0.15) is 4.31 Å². The van der Waals surface area contributed by atoms with E-state index in [1.54, 1.807) is 6.92 Å². The van der Waals surface area contributed by atoms with Gasteiger partial charge in [0.15, 0.2) is 0 Å². The number of amides is 1. The maximum atomic E-state index is 13.2. The Kier molecular flexibility index (Phi) is 5.41. The molecule has 0 spiro atoms. The molecule has 0 bridgehead atoms. The van der Waals surface area contributed by atoms with Crippen LogP contribution in [0.4, 0.5) is 4.39 Å². The summed E-state index contributed by atoms with van der Waals surface area (Å²) in [6, 6.07) is 3.75. The third-order valence-electron chi connectivity index (χ3n) is 4.01. The van der Waals surface area contributed by atoms with Gasteiger partial charge >= 0.3 is 0 Å². The molecule has 1 fully saturated rings. The molecule has 7 heteroatoms. The minimum absolute atomic E-state index is 0.0185. The second-order valence-corrected chi connectivity index (χ2v) is 8.16. The van der Waals surface area contributed by atoms with Crippen molar-refractivity contribution in [2.75, 3.05) is 13.1 Å². The highest BCUT2D eigenvalue weighted by atomic mass is 32.2. The number of halogens is 1. The topological polar surface area (TPSA) is 66.5 Å². The second kappa shape index (κ2) is 6.97. The van der Waals surface area contributed by atoms with Crippen LogP contribution < -0.4 is 5.32 Å². The fraction of sp³-hybridized carbons (Fsp3) is 0.562. The minimum Gasteiger partial charge on any atom is -0.354 e. The number of aryl methyl sites for hydroxylation is 1. The summed E-state index contributed by atoms with van der Waals surface area (Å²) in [5.74, 6) is -0.626. The lowest BCUT2D eigenvalue weighted by Crippen LogP contribution is -2.44. The van der Waals surface area contributed by atoms with Gasteiger partial charge in [0.1, 0.15) is 5.82 Å². The van der Waals surface area contributed by atoms with Gasteiger partial charge in [-0.1, -0.05) is 0 Å². The van der Waals surface area contributed by atoms with Crippen LogP contribution in [0, 0.1) is 18.7 Å². The van der Waals surface area contributed by atoms with Crippen molar-refractivity contribution >= 4 is 15.9 Å². The molecule has 1 amide bonds. The van der Waals surface area contributed by atoms with E-state index >= 15 is 0 Å². The van der Waals surface area contributed by atoms with Gasteiger partial charge in [-0.25, -0.2) is 12.8 Å². The Morgan fingerprint density at radius 1 is 1.30 bits per heavy atom. The predicted molar refractivity (Wildman–Crippen MR) is 85.9 cm³/mol. The fourth-order valence-corrected chi connectivity index (χ4v) is 4.48. The summed E-state index contributed by atoms with van der Waals surface area (Å²) in [5.41, 5.74) is 0.393. The van der Waals surface area contributed by atoms with Gasteiger partial charge < -0.3 is 5.32 Å². The molecule has 1 aromatic rings. The average Bonchev–Trinajstić information content (AvgIpc) is 2.46. The monoisotopic (exact) mass is 342 g/mol. The van der Waals surface area contributed by atoms with Crippen molar-refractivity contribution in [2.24, 2.45) is 5.92 Å². The first-order chi connectivity index (χ1) is 10.7. The third-order valence-corrected chi connectivity index (χ3v) is 6.07. The first-order valence-electron chi connectivity index (χ1n) is 7.78. The Morgan fingerprint density at radius 2 is 1.91 bits per heavy atom. The molecule has 0 saturated carbocycles. The number of carbonyl (C=O) groups is 1. The van der Waals surface area contributed by atoms with Crippen LogP contribution in [0.25, 0.3) is 0 Å². The predicted octanol–water partition coefficient (Wildman–Crippen LogP) is 2.06. The average molecular weight is 342 g/mol. The smallest absolute Gasteiger partial charge is 0.243 e. The number of nitrogens with one attached hydrogen (secondary N) is 1. The molecule has 1 aromatic carbocycles. The summed E-state index contributed by atoms with van der Waals surface area (Å²) in [5, 5.41) is 2.86. The molecule has 23 heavy (non-hydrogen) atoms. The van der Waals surface area contributed by atoms with E-state index in [4.69, 9.17) is 0 Å². The molecule has 2 rings (SSSR count). The first kappa shape index (κ1) is 17.9. The van der Waals surface area contributed by atoms with E-state index < -0.39 is 15.8 Å². The van der Waals surface area contributed by atoms with Gasteiger partial charge in [0.25, 0.3) is 0 Å². The second-order valence-electron chi connectivity index (χ2n) is 6.25. The van der Waals surface area contributed by atoms with Crippen LogP contribution in [-0.2, 0) is 14.8 Å². The Morgan fingerprint density at radius 3 is 2.43 bits per heavy atom. The van der Waals surface area contributed by atoms with Crippen molar-refractivity contribution < 1.29 is 17.6 Å². The number of carbonyl (C=O) groups excluding carboxylic acids is 1. The number of rotatable bonds is 4. The molecular formula is C16H23FN2O3S. The van der Waals surface area contributed by atoms with E-state index in [0.29, 0.717) is 31.5 Å². The van der Waals surface area contributed by atoms with Crippen LogP contribution >= 0.6 is 0 Å². The van der Waals surface area contributed by atoms with Crippen molar-refractivity contribution in [3.63, 3.8) is 0 Å². The van der Waals surface area contributed by atoms with E-state index in [-0.39, 0.29) is 22.8 Å². The highest BCUT2D eigenvalue weighted by Crippen LogP contribution is 2.26. The molecule has 128 valence electrons.